The zero-order valence-electron chi connectivity index (χ0n) is 17.7. The van der Waals surface area contributed by atoms with E-state index in [-0.39, 0.29) is 40.4 Å². The first-order valence-corrected chi connectivity index (χ1v) is 12.3. The van der Waals surface area contributed by atoms with Crippen molar-refractivity contribution in [3.05, 3.63) is 33.6 Å². The second kappa shape index (κ2) is 10.0. The number of ether oxygens (including phenoxy) is 1. The summed E-state index contributed by atoms with van der Waals surface area (Å²) >= 11 is 8.18. The molecule has 0 unspecified atom stereocenters. The fourth-order valence-corrected chi connectivity index (χ4v) is 5.86. The van der Waals surface area contributed by atoms with Crippen molar-refractivity contribution in [3.63, 3.8) is 0 Å². The van der Waals surface area contributed by atoms with E-state index in [9.17, 15) is 14.4 Å². The number of fused-ring (bicyclic) bond motifs is 2. The van der Waals surface area contributed by atoms with Crippen molar-refractivity contribution in [1.29, 1.82) is 0 Å². The van der Waals surface area contributed by atoms with Gasteiger partial charge in [-0.3, -0.25) is 4.79 Å². The number of carbonyl (C=O) groups excluding carboxylic acids is 2. The van der Waals surface area contributed by atoms with Crippen LogP contribution in [0.5, 0.6) is 5.95 Å². The molecular weight excluding hydrogens is 454 g/mol. The van der Waals surface area contributed by atoms with Crippen molar-refractivity contribution in [2.45, 2.75) is 56.4 Å². The minimum atomic E-state index is -0.563. The van der Waals surface area contributed by atoms with Crippen LogP contribution < -0.4 is 26.3 Å². The molecule has 3 N–H and O–H groups in total. The molecule has 2 aromatic rings. The highest BCUT2D eigenvalue weighted by Gasteiger charge is 2.42. The maximum Gasteiger partial charge on any atom is 0.346 e. The van der Waals surface area contributed by atoms with Crippen LogP contribution in [0.25, 0.3) is 10.8 Å². The van der Waals surface area contributed by atoms with Crippen LogP contribution in [0, 0.1) is 0 Å². The topological polar surface area (TPSA) is 110 Å². The number of nitrogens with one attached hydrogen (secondary N) is 3. The number of amides is 3. The third kappa shape index (κ3) is 4.99. The summed E-state index contributed by atoms with van der Waals surface area (Å²) in [5.41, 5.74) is -0.0468. The Bertz CT molecular complexity index is 1080. The molecular formula is C22H26ClN3O5S. The smallest absolute Gasteiger partial charge is 0.346 e. The molecule has 3 amide bonds. The number of hydrogen-bond acceptors (Lipinski definition) is 6. The largest absolute Gasteiger partial charge is 0.464 e. The highest BCUT2D eigenvalue weighted by molar-refractivity contribution is 8.00. The van der Waals surface area contributed by atoms with Gasteiger partial charge in [0.05, 0.1) is 24.1 Å². The van der Waals surface area contributed by atoms with Crippen molar-refractivity contribution in [2.75, 3.05) is 17.7 Å². The monoisotopic (exact) mass is 479 g/mol. The Morgan fingerprint density at radius 3 is 2.94 bits per heavy atom. The fraction of sp³-hybridized carbons (Fsp3) is 0.500. The first kappa shape index (κ1) is 22.8. The van der Waals surface area contributed by atoms with Crippen molar-refractivity contribution in [1.82, 2.24) is 10.6 Å². The Morgan fingerprint density at radius 2 is 2.12 bits per heavy atom. The summed E-state index contributed by atoms with van der Waals surface area (Å²) in [7, 11) is 0. The average Bonchev–Trinajstić information content (AvgIpc) is 3.32. The summed E-state index contributed by atoms with van der Waals surface area (Å²) in [4.78, 5) is 36.2. The second-order valence-electron chi connectivity index (χ2n) is 8.02. The first-order valence-electron chi connectivity index (χ1n) is 10.8. The van der Waals surface area contributed by atoms with Gasteiger partial charge < -0.3 is 25.1 Å². The van der Waals surface area contributed by atoms with Crippen molar-refractivity contribution < 1.29 is 18.7 Å². The number of hydrogen-bond donors (Lipinski definition) is 3. The number of benzene rings is 1. The third-order valence-electron chi connectivity index (χ3n) is 5.64. The van der Waals surface area contributed by atoms with Crippen molar-refractivity contribution in [2.24, 2.45) is 0 Å². The van der Waals surface area contributed by atoms with E-state index in [1.807, 2.05) is 18.7 Å². The quantitative estimate of drug-likeness (QED) is 0.371. The van der Waals surface area contributed by atoms with Gasteiger partial charge in [0.1, 0.15) is 5.02 Å². The van der Waals surface area contributed by atoms with Crippen LogP contribution >= 0.6 is 23.4 Å². The minimum absolute atomic E-state index is 0.0162. The van der Waals surface area contributed by atoms with Gasteiger partial charge >= 0.3 is 17.6 Å². The molecule has 0 spiro atoms. The van der Waals surface area contributed by atoms with Gasteiger partial charge in [-0.05, 0) is 31.4 Å². The molecule has 1 aromatic carbocycles. The molecule has 2 aliphatic rings. The number of carbonyl (C=O) groups is 2. The zero-order chi connectivity index (χ0) is 22.7. The van der Waals surface area contributed by atoms with E-state index in [0.29, 0.717) is 29.4 Å². The Balaban J connectivity index is 1.29. The number of rotatable bonds is 9. The Labute approximate surface area is 194 Å². The molecule has 172 valence electrons. The molecule has 4 rings (SSSR count). The molecule has 0 aliphatic carbocycles. The standard InChI is InChI=1S/C22H26ClN3O5S/c1-2-9-30-21-18(23)13-8-7-12(10-14(13)20(28)31-21)24-17(27)6-4-3-5-16-19-15(11-32-16)25-22(29)26-19/h7-8,10,15-16,19H,2-6,9,11H2,1H3,(H,24,27)(H2,25,26,29)/t15-,16-,19-/m0/s1. The lowest BCUT2D eigenvalue weighted by Crippen LogP contribution is -2.36. The van der Waals surface area contributed by atoms with Gasteiger partial charge in [-0.15, -0.1) is 0 Å². The Morgan fingerprint density at radius 1 is 1.28 bits per heavy atom. The summed E-state index contributed by atoms with van der Waals surface area (Å²) in [6, 6.07) is 5.28. The van der Waals surface area contributed by atoms with E-state index >= 15 is 0 Å². The van der Waals surface area contributed by atoms with Gasteiger partial charge in [-0.25, -0.2) is 9.59 Å². The molecule has 0 radical (unpaired) electrons. The highest BCUT2D eigenvalue weighted by atomic mass is 35.5. The van der Waals surface area contributed by atoms with Crippen molar-refractivity contribution in [3.8, 4) is 5.95 Å². The maximum absolute atomic E-state index is 12.4. The summed E-state index contributed by atoms with van der Waals surface area (Å²) in [6.45, 7) is 2.34. The van der Waals surface area contributed by atoms with Crippen LogP contribution in [-0.4, -0.2) is 41.6 Å². The molecule has 1 aromatic heterocycles. The van der Waals surface area contributed by atoms with Gasteiger partial charge in [0.2, 0.25) is 5.91 Å². The number of thioether (sulfide) groups is 1. The fourth-order valence-electron chi connectivity index (χ4n) is 4.06. The summed E-state index contributed by atoms with van der Waals surface area (Å²) in [5.74, 6) is 0.832. The van der Waals surface area contributed by atoms with E-state index in [2.05, 4.69) is 16.0 Å². The molecule has 0 saturated carbocycles. The average molecular weight is 480 g/mol. The van der Waals surface area contributed by atoms with E-state index in [4.69, 9.17) is 20.8 Å². The van der Waals surface area contributed by atoms with Crippen LogP contribution in [0.2, 0.25) is 5.02 Å². The SMILES string of the molecule is CCCOc1oc(=O)c2cc(NC(=O)CCCC[C@@H]3SC[C@@H]4NC(=O)N[C@@H]43)ccc2c1Cl. The van der Waals surface area contributed by atoms with Gasteiger partial charge in [0, 0.05) is 28.5 Å². The lowest BCUT2D eigenvalue weighted by molar-refractivity contribution is -0.116. The van der Waals surface area contributed by atoms with Gasteiger partial charge in [-0.2, -0.15) is 11.8 Å². The Hall–Kier alpha value is -2.39. The van der Waals surface area contributed by atoms with Crippen molar-refractivity contribution >= 4 is 51.8 Å². The van der Waals surface area contributed by atoms with Crippen LogP contribution in [0.1, 0.15) is 39.0 Å². The molecule has 2 saturated heterocycles. The van der Waals surface area contributed by atoms with E-state index in [1.165, 1.54) is 0 Å². The van der Waals surface area contributed by atoms with Crippen LogP contribution in [0.15, 0.2) is 27.4 Å². The van der Waals surface area contributed by atoms with Crippen LogP contribution in [0.3, 0.4) is 0 Å². The first-order chi connectivity index (χ1) is 15.5. The number of halogens is 1. The van der Waals surface area contributed by atoms with Crippen LogP contribution in [0.4, 0.5) is 10.5 Å². The molecule has 3 heterocycles. The second-order valence-corrected chi connectivity index (χ2v) is 9.67. The Kier molecular flexibility index (Phi) is 7.15. The molecule has 2 aliphatic heterocycles. The lowest BCUT2D eigenvalue weighted by Gasteiger charge is -2.16. The number of anilines is 1. The predicted molar refractivity (Wildman–Crippen MR) is 126 cm³/mol. The van der Waals surface area contributed by atoms with Crippen LogP contribution in [-0.2, 0) is 4.79 Å². The number of urea groups is 1. The maximum atomic E-state index is 12.4. The van der Waals surface area contributed by atoms with E-state index < -0.39 is 5.63 Å². The molecule has 3 atom stereocenters. The number of unbranched alkanes of at least 4 members (excludes halogenated alkanes) is 1. The normalized spacial score (nSPS) is 21.8. The van der Waals surface area contributed by atoms with Gasteiger partial charge in [0.15, 0.2) is 0 Å². The third-order valence-corrected chi connectivity index (χ3v) is 7.51. The van der Waals surface area contributed by atoms with E-state index in [0.717, 1.165) is 31.4 Å². The van der Waals surface area contributed by atoms with Gasteiger partial charge in [0.25, 0.3) is 0 Å². The summed E-state index contributed by atoms with van der Waals surface area (Å²) < 4.78 is 10.6. The summed E-state index contributed by atoms with van der Waals surface area (Å²) in [5, 5.41) is 10.2. The zero-order valence-corrected chi connectivity index (χ0v) is 19.3. The highest BCUT2D eigenvalue weighted by Crippen LogP contribution is 2.34. The summed E-state index contributed by atoms with van der Waals surface area (Å²) in [6.07, 6.45) is 3.76. The van der Waals surface area contributed by atoms with E-state index in [1.54, 1.807) is 18.2 Å². The molecule has 32 heavy (non-hydrogen) atoms. The molecule has 8 nitrogen and oxygen atoms in total. The van der Waals surface area contributed by atoms with Gasteiger partial charge in [-0.1, -0.05) is 31.0 Å². The molecule has 0 bridgehead atoms. The predicted octanol–water partition coefficient (Wildman–Crippen LogP) is 3.90. The molecule has 10 heteroatoms. The molecule has 2 fully saturated rings. The minimum Gasteiger partial charge on any atom is -0.464 e. The lowest BCUT2D eigenvalue weighted by atomic mass is 10.0.